The van der Waals surface area contributed by atoms with Crippen molar-refractivity contribution in [2.45, 2.75) is 6.42 Å². The SMILES string of the molecule is O=C(NCCCN1CCOCC1)C(=O)N/N=C\c1cccs1. The molecule has 1 saturated heterocycles. The molecule has 8 heteroatoms. The van der Waals surface area contributed by atoms with Gasteiger partial charge in [-0.3, -0.25) is 14.5 Å². The second-order valence-electron chi connectivity index (χ2n) is 4.78. The van der Waals surface area contributed by atoms with Crippen molar-refractivity contribution < 1.29 is 14.3 Å². The van der Waals surface area contributed by atoms with E-state index in [0.717, 1.165) is 44.1 Å². The van der Waals surface area contributed by atoms with E-state index in [1.165, 1.54) is 17.6 Å². The minimum absolute atomic E-state index is 0.470. The number of hydrogen-bond acceptors (Lipinski definition) is 6. The van der Waals surface area contributed by atoms with Crippen LogP contribution in [-0.2, 0) is 14.3 Å². The van der Waals surface area contributed by atoms with Crippen molar-refractivity contribution in [3.63, 3.8) is 0 Å². The Labute approximate surface area is 133 Å². The maximum Gasteiger partial charge on any atom is 0.329 e. The Morgan fingerprint density at radius 2 is 2.18 bits per heavy atom. The van der Waals surface area contributed by atoms with Crippen molar-refractivity contribution in [1.82, 2.24) is 15.6 Å². The number of ether oxygens (including phenoxy) is 1. The molecule has 0 aromatic carbocycles. The number of morpholine rings is 1. The molecule has 0 saturated carbocycles. The van der Waals surface area contributed by atoms with E-state index in [1.54, 1.807) is 0 Å². The predicted molar refractivity (Wildman–Crippen MR) is 84.9 cm³/mol. The molecule has 0 atom stereocenters. The number of hydrogen-bond donors (Lipinski definition) is 2. The van der Waals surface area contributed by atoms with Gasteiger partial charge < -0.3 is 10.1 Å². The first-order chi connectivity index (χ1) is 10.8. The van der Waals surface area contributed by atoms with E-state index in [1.807, 2.05) is 17.5 Å². The Kier molecular flexibility index (Phi) is 7.01. The summed E-state index contributed by atoms with van der Waals surface area (Å²) in [4.78, 5) is 26.3. The molecule has 2 amide bonds. The largest absolute Gasteiger partial charge is 0.379 e. The lowest BCUT2D eigenvalue weighted by molar-refractivity contribution is -0.139. The molecule has 1 aliphatic heterocycles. The average Bonchev–Trinajstić information content (AvgIpc) is 3.05. The first kappa shape index (κ1) is 16.6. The van der Waals surface area contributed by atoms with E-state index in [4.69, 9.17) is 4.74 Å². The molecule has 0 bridgehead atoms. The molecular formula is C14H20N4O3S. The molecule has 7 nitrogen and oxygen atoms in total. The van der Waals surface area contributed by atoms with Crippen LogP contribution in [0.5, 0.6) is 0 Å². The second-order valence-corrected chi connectivity index (χ2v) is 5.76. The molecule has 1 aromatic rings. The smallest absolute Gasteiger partial charge is 0.329 e. The fourth-order valence-corrected chi connectivity index (χ4v) is 2.56. The molecule has 2 rings (SSSR count). The zero-order valence-electron chi connectivity index (χ0n) is 12.3. The number of carbonyl (C=O) groups is 2. The summed E-state index contributed by atoms with van der Waals surface area (Å²) in [7, 11) is 0. The highest BCUT2D eigenvalue weighted by Crippen LogP contribution is 2.04. The van der Waals surface area contributed by atoms with E-state index in [2.05, 4.69) is 20.7 Å². The summed E-state index contributed by atoms with van der Waals surface area (Å²) in [6.07, 6.45) is 2.31. The lowest BCUT2D eigenvalue weighted by atomic mass is 10.3. The molecule has 2 N–H and O–H groups in total. The lowest BCUT2D eigenvalue weighted by Gasteiger charge is -2.26. The topological polar surface area (TPSA) is 83.0 Å². The monoisotopic (exact) mass is 324 g/mol. The third-order valence-corrected chi connectivity index (χ3v) is 3.95. The predicted octanol–water partition coefficient (Wildman–Crippen LogP) is 0.0367. The number of thiophene rings is 1. The third-order valence-electron chi connectivity index (χ3n) is 3.15. The van der Waals surface area contributed by atoms with Gasteiger partial charge in [-0.15, -0.1) is 11.3 Å². The maximum atomic E-state index is 11.6. The standard InChI is InChI=1S/C14H20N4O3S/c19-13(14(20)17-16-11-12-3-1-10-22-12)15-4-2-5-18-6-8-21-9-7-18/h1,3,10-11H,2,4-9H2,(H,15,19)(H,17,20)/b16-11-. The number of carbonyl (C=O) groups excluding carboxylic acids is 2. The van der Waals surface area contributed by atoms with Gasteiger partial charge in [0.15, 0.2) is 0 Å². The number of nitrogens with one attached hydrogen (secondary N) is 2. The minimum atomic E-state index is -0.751. The van der Waals surface area contributed by atoms with Crippen molar-refractivity contribution in [3.8, 4) is 0 Å². The van der Waals surface area contributed by atoms with E-state index >= 15 is 0 Å². The molecule has 0 spiro atoms. The number of nitrogens with zero attached hydrogens (tertiary/aromatic N) is 2. The van der Waals surface area contributed by atoms with Gasteiger partial charge in [0.1, 0.15) is 0 Å². The van der Waals surface area contributed by atoms with Crippen molar-refractivity contribution >= 4 is 29.4 Å². The number of hydrazone groups is 1. The van der Waals surface area contributed by atoms with Gasteiger partial charge in [-0.2, -0.15) is 5.10 Å². The zero-order valence-corrected chi connectivity index (χ0v) is 13.1. The highest BCUT2D eigenvalue weighted by atomic mass is 32.1. The molecule has 2 heterocycles. The van der Waals surface area contributed by atoms with Crippen LogP contribution >= 0.6 is 11.3 Å². The van der Waals surface area contributed by atoms with Crippen LogP contribution in [0.4, 0.5) is 0 Å². The van der Waals surface area contributed by atoms with E-state index in [-0.39, 0.29) is 0 Å². The average molecular weight is 324 g/mol. The van der Waals surface area contributed by atoms with Crippen LogP contribution in [0.15, 0.2) is 22.6 Å². The van der Waals surface area contributed by atoms with Gasteiger partial charge in [0.2, 0.25) is 0 Å². The Balaban J connectivity index is 1.57. The molecule has 0 aliphatic carbocycles. The zero-order chi connectivity index (χ0) is 15.6. The summed E-state index contributed by atoms with van der Waals surface area (Å²) in [5.74, 6) is -1.41. The van der Waals surface area contributed by atoms with Gasteiger partial charge in [-0.05, 0) is 24.4 Å². The normalized spacial score (nSPS) is 15.8. The summed E-state index contributed by atoms with van der Waals surface area (Å²) in [5, 5.41) is 8.23. The Bertz CT molecular complexity index is 498. The van der Waals surface area contributed by atoms with E-state index in [9.17, 15) is 9.59 Å². The highest BCUT2D eigenvalue weighted by molar-refractivity contribution is 7.11. The van der Waals surface area contributed by atoms with Crippen molar-refractivity contribution in [2.24, 2.45) is 5.10 Å². The van der Waals surface area contributed by atoms with Crippen LogP contribution in [-0.4, -0.2) is 62.3 Å². The first-order valence-corrected chi connectivity index (χ1v) is 8.08. The quantitative estimate of drug-likeness (QED) is 0.335. The van der Waals surface area contributed by atoms with Gasteiger partial charge in [0.05, 0.1) is 19.4 Å². The summed E-state index contributed by atoms with van der Waals surface area (Å²) in [6.45, 7) is 4.73. The Hall–Kier alpha value is -1.77. The molecule has 22 heavy (non-hydrogen) atoms. The molecule has 1 aliphatic rings. The van der Waals surface area contributed by atoms with Gasteiger partial charge in [0, 0.05) is 24.5 Å². The van der Waals surface area contributed by atoms with Gasteiger partial charge >= 0.3 is 11.8 Å². The summed E-state index contributed by atoms with van der Waals surface area (Å²) in [5.41, 5.74) is 2.21. The molecule has 1 fully saturated rings. The minimum Gasteiger partial charge on any atom is -0.379 e. The third kappa shape index (κ3) is 5.92. The van der Waals surface area contributed by atoms with Gasteiger partial charge in [0.25, 0.3) is 0 Å². The summed E-state index contributed by atoms with van der Waals surface area (Å²) >= 11 is 1.50. The number of rotatable bonds is 6. The second kappa shape index (κ2) is 9.29. The molecule has 120 valence electrons. The van der Waals surface area contributed by atoms with Crippen LogP contribution in [0.25, 0.3) is 0 Å². The lowest BCUT2D eigenvalue weighted by Crippen LogP contribution is -2.40. The fraction of sp³-hybridized carbons (Fsp3) is 0.500. The van der Waals surface area contributed by atoms with Crippen LogP contribution in [0.2, 0.25) is 0 Å². The van der Waals surface area contributed by atoms with Crippen molar-refractivity contribution in [1.29, 1.82) is 0 Å². The summed E-state index contributed by atoms with van der Waals surface area (Å²) in [6, 6.07) is 3.75. The van der Waals surface area contributed by atoms with Crippen LogP contribution in [0, 0.1) is 0 Å². The van der Waals surface area contributed by atoms with Crippen LogP contribution in [0.3, 0.4) is 0 Å². The fourth-order valence-electron chi connectivity index (χ4n) is 1.98. The number of amides is 2. The first-order valence-electron chi connectivity index (χ1n) is 7.20. The molecule has 0 radical (unpaired) electrons. The highest BCUT2D eigenvalue weighted by Gasteiger charge is 2.13. The Morgan fingerprint density at radius 1 is 1.36 bits per heavy atom. The van der Waals surface area contributed by atoms with Gasteiger partial charge in [-0.1, -0.05) is 6.07 Å². The maximum absolute atomic E-state index is 11.6. The molecular weight excluding hydrogens is 304 g/mol. The van der Waals surface area contributed by atoms with E-state index < -0.39 is 11.8 Å². The van der Waals surface area contributed by atoms with E-state index in [0.29, 0.717) is 6.54 Å². The molecule has 0 unspecified atom stereocenters. The van der Waals surface area contributed by atoms with Crippen LogP contribution in [0.1, 0.15) is 11.3 Å². The van der Waals surface area contributed by atoms with Crippen LogP contribution < -0.4 is 10.7 Å². The molecule has 1 aromatic heterocycles. The summed E-state index contributed by atoms with van der Waals surface area (Å²) < 4.78 is 5.26. The Morgan fingerprint density at radius 3 is 2.91 bits per heavy atom. The van der Waals surface area contributed by atoms with Crippen molar-refractivity contribution in [3.05, 3.63) is 22.4 Å². The van der Waals surface area contributed by atoms with Crippen molar-refractivity contribution in [2.75, 3.05) is 39.4 Å². The van der Waals surface area contributed by atoms with Gasteiger partial charge in [-0.25, -0.2) is 5.43 Å².